The van der Waals surface area contributed by atoms with Gasteiger partial charge < -0.3 is 14.9 Å². The summed E-state index contributed by atoms with van der Waals surface area (Å²) in [6.45, 7) is 0. The Morgan fingerprint density at radius 1 is 1.25 bits per heavy atom. The van der Waals surface area contributed by atoms with Crippen molar-refractivity contribution in [1.82, 2.24) is 0 Å². The third kappa shape index (κ3) is 2.33. The number of ether oxygens (including phenoxy) is 1. The van der Waals surface area contributed by atoms with Gasteiger partial charge in [0.05, 0.1) is 11.7 Å². The molecule has 1 saturated carbocycles. The number of hydrogen-bond acceptors (Lipinski definition) is 3. The lowest BCUT2D eigenvalue weighted by atomic mass is 10.2. The monoisotopic (exact) mass is 222 g/mol. The zero-order valence-corrected chi connectivity index (χ0v) is 8.80. The molecule has 2 rings (SSSR count). The molecule has 0 radical (unpaired) electrons. The Hall–Kier alpha value is -1.55. The smallest absolute Gasteiger partial charge is 0.335 e. The van der Waals surface area contributed by atoms with Gasteiger partial charge in [0.25, 0.3) is 0 Å². The first kappa shape index (κ1) is 11.0. The zero-order chi connectivity index (χ0) is 11.5. The second kappa shape index (κ2) is 4.53. The van der Waals surface area contributed by atoms with Crippen LogP contribution in [0.2, 0.25) is 0 Å². The maximum atomic E-state index is 10.6. The van der Waals surface area contributed by atoms with Crippen molar-refractivity contribution >= 4 is 5.97 Å². The summed E-state index contributed by atoms with van der Waals surface area (Å²) in [4.78, 5) is 10.6. The van der Waals surface area contributed by atoms with Crippen LogP contribution in [0.5, 0.6) is 5.75 Å². The van der Waals surface area contributed by atoms with Crippen LogP contribution in [0.3, 0.4) is 0 Å². The number of carboxylic acid groups (broad SMARTS) is 1. The summed E-state index contributed by atoms with van der Waals surface area (Å²) in [5, 5.41) is 18.3. The Kier molecular flexibility index (Phi) is 3.10. The number of hydrogen-bond donors (Lipinski definition) is 2. The van der Waals surface area contributed by atoms with E-state index in [4.69, 9.17) is 9.84 Å². The standard InChI is InChI=1S/C12H14O4/c13-10-2-1-3-11(10)16-9-6-4-8(5-7-9)12(14)15/h4-7,10-11,13H,1-3H2,(H,14,15)/t10-,11-/m1/s1. The second-order valence-electron chi connectivity index (χ2n) is 3.98. The lowest BCUT2D eigenvalue weighted by molar-refractivity contribution is 0.0602. The van der Waals surface area contributed by atoms with Crippen molar-refractivity contribution in [3.63, 3.8) is 0 Å². The van der Waals surface area contributed by atoms with Crippen molar-refractivity contribution in [2.24, 2.45) is 0 Å². The highest BCUT2D eigenvalue weighted by Gasteiger charge is 2.26. The molecule has 0 saturated heterocycles. The highest BCUT2D eigenvalue weighted by atomic mass is 16.5. The van der Waals surface area contributed by atoms with Crippen LogP contribution < -0.4 is 4.74 Å². The zero-order valence-electron chi connectivity index (χ0n) is 8.80. The number of carbonyl (C=O) groups is 1. The molecular formula is C12H14O4. The van der Waals surface area contributed by atoms with Gasteiger partial charge in [0.1, 0.15) is 11.9 Å². The molecule has 0 bridgehead atoms. The van der Waals surface area contributed by atoms with Gasteiger partial charge in [-0.05, 0) is 43.5 Å². The highest BCUT2D eigenvalue weighted by Crippen LogP contribution is 2.24. The first-order valence-corrected chi connectivity index (χ1v) is 5.35. The van der Waals surface area contributed by atoms with Crippen molar-refractivity contribution in [3.8, 4) is 5.75 Å². The van der Waals surface area contributed by atoms with E-state index in [1.165, 1.54) is 12.1 Å². The molecule has 4 nitrogen and oxygen atoms in total. The average Bonchev–Trinajstić information content (AvgIpc) is 2.65. The number of aliphatic hydroxyl groups excluding tert-OH is 1. The molecule has 1 aromatic rings. The molecule has 0 amide bonds. The van der Waals surface area contributed by atoms with Crippen LogP contribution >= 0.6 is 0 Å². The topological polar surface area (TPSA) is 66.8 Å². The predicted octanol–water partition coefficient (Wildman–Crippen LogP) is 1.68. The predicted molar refractivity (Wildman–Crippen MR) is 57.7 cm³/mol. The molecule has 4 heteroatoms. The summed E-state index contributed by atoms with van der Waals surface area (Å²) < 4.78 is 5.58. The normalized spacial score (nSPS) is 24.3. The van der Waals surface area contributed by atoms with Crippen molar-refractivity contribution in [2.75, 3.05) is 0 Å². The first-order valence-electron chi connectivity index (χ1n) is 5.35. The van der Waals surface area contributed by atoms with E-state index in [1.54, 1.807) is 12.1 Å². The van der Waals surface area contributed by atoms with E-state index >= 15 is 0 Å². The van der Waals surface area contributed by atoms with Gasteiger partial charge in [0, 0.05) is 0 Å². The molecule has 1 aliphatic carbocycles. The van der Waals surface area contributed by atoms with Crippen LogP contribution in [0.1, 0.15) is 29.6 Å². The van der Waals surface area contributed by atoms with E-state index in [9.17, 15) is 9.90 Å². The van der Waals surface area contributed by atoms with Crippen LogP contribution in [-0.2, 0) is 0 Å². The molecule has 16 heavy (non-hydrogen) atoms. The molecular weight excluding hydrogens is 208 g/mol. The Balaban J connectivity index is 2.02. The summed E-state index contributed by atoms with van der Waals surface area (Å²) in [5.41, 5.74) is 0.235. The van der Waals surface area contributed by atoms with Gasteiger partial charge in [-0.1, -0.05) is 0 Å². The minimum Gasteiger partial charge on any atom is -0.488 e. The van der Waals surface area contributed by atoms with Gasteiger partial charge in [-0.3, -0.25) is 0 Å². The molecule has 1 aromatic carbocycles. The maximum Gasteiger partial charge on any atom is 0.335 e. The third-order valence-electron chi connectivity index (χ3n) is 2.81. The van der Waals surface area contributed by atoms with Crippen LogP contribution in [0.4, 0.5) is 0 Å². The Labute approximate surface area is 93.5 Å². The summed E-state index contributed by atoms with van der Waals surface area (Å²) in [5.74, 6) is -0.344. The fraction of sp³-hybridized carbons (Fsp3) is 0.417. The lowest BCUT2D eigenvalue weighted by Crippen LogP contribution is -2.25. The second-order valence-corrected chi connectivity index (χ2v) is 3.98. The van der Waals surface area contributed by atoms with Gasteiger partial charge in [-0.15, -0.1) is 0 Å². The maximum absolute atomic E-state index is 10.6. The van der Waals surface area contributed by atoms with Gasteiger partial charge in [-0.2, -0.15) is 0 Å². The number of rotatable bonds is 3. The highest BCUT2D eigenvalue weighted by molar-refractivity contribution is 5.87. The third-order valence-corrected chi connectivity index (χ3v) is 2.81. The number of carboxylic acids is 1. The quantitative estimate of drug-likeness (QED) is 0.816. The lowest BCUT2D eigenvalue weighted by Gasteiger charge is -2.16. The van der Waals surface area contributed by atoms with Crippen LogP contribution in [-0.4, -0.2) is 28.4 Å². The number of benzene rings is 1. The Morgan fingerprint density at radius 3 is 2.44 bits per heavy atom. The summed E-state index contributed by atoms with van der Waals surface area (Å²) in [7, 11) is 0. The summed E-state index contributed by atoms with van der Waals surface area (Å²) in [6.07, 6.45) is 2.04. The van der Waals surface area contributed by atoms with Crippen LogP contribution in [0, 0.1) is 0 Å². The molecule has 0 aliphatic heterocycles. The van der Waals surface area contributed by atoms with Gasteiger partial charge >= 0.3 is 5.97 Å². The van der Waals surface area contributed by atoms with Gasteiger partial charge in [0.2, 0.25) is 0 Å². The molecule has 1 aliphatic rings. The van der Waals surface area contributed by atoms with Gasteiger partial charge in [-0.25, -0.2) is 4.79 Å². The molecule has 0 aromatic heterocycles. The molecule has 2 N–H and O–H groups in total. The van der Waals surface area contributed by atoms with Crippen LogP contribution in [0.15, 0.2) is 24.3 Å². The summed E-state index contributed by atoms with van der Waals surface area (Å²) in [6, 6.07) is 6.24. The van der Waals surface area contributed by atoms with Gasteiger partial charge in [0.15, 0.2) is 0 Å². The molecule has 0 unspecified atom stereocenters. The average molecular weight is 222 g/mol. The van der Waals surface area contributed by atoms with E-state index in [-0.39, 0.29) is 11.7 Å². The van der Waals surface area contributed by atoms with Crippen LogP contribution in [0.25, 0.3) is 0 Å². The van der Waals surface area contributed by atoms with E-state index in [2.05, 4.69) is 0 Å². The van der Waals surface area contributed by atoms with Crippen molar-refractivity contribution in [1.29, 1.82) is 0 Å². The first-order chi connectivity index (χ1) is 7.66. The molecule has 0 heterocycles. The fourth-order valence-corrected chi connectivity index (χ4v) is 1.89. The van der Waals surface area contributed by atoms with E-state index in [0.717, 1.165) is 19.3 Å². The SMILES string of the molecule is O=C(O)c1ccc(O[C@@H]2CCC[C@H]2O)cc1. The largest absolute Gasteiger partial charge is 0.488 e. The minimum absolute atomic E-state index is 0.157. The molecule has 86 valence electrons. The summed E-state index contributed by atoms with van der Waals surface area (Å²) >= 11 is 0. The minimum atomic E-state index is -0.951. The van der Waals surface area contributed by atoms with Crippen molar-refractivity contribution in [3.05, 3.63) is 29.8 Å². The van der Waals surface area contributed by atoms with E-state index in [0.29, 0.717) is 5.75 Å². The van der Waals surface area contributed by atoms with Crippen molar-refractivity contribution < 1.29 is 19.7 Å². The molecule has 2 atom stereocenters. The van der Waals surface area contributed by atoms with E-state index in [1.807, 2.05) is 0 Å². The Morgan fingerprint density at radius 2 is 1.94 bits per heavy atom. The molecule has 1 fully saturated rings. The Bertz CT molecular complexity index is 371. The molecule has 0 spiro atoms. The number of aromatic carboxylic acids is 1. The fourth-order valence-electron chi connectivity index (χ4n) is 1.89. The van der Waals surface area contributed by atoms with E-state index < -0.39 is 12.1 Å². The number of aliphatic hydroxyl groups is 1. The van der Waals surface area contributed by atoms with Crippen molar-refractivity contribution in [2.45, 2.75) is 31.5 Å².